The first kappa shape index (κ1) is 13.2. The van der Waals surface area contributed by atoms with E-state index in [-0.39, 0.29) is 5.97 Å². The van der Waals surface area contributed by atoms with Gasteiger partial charge in [-0.15, -0.1) is 6.58 Å². The van der Waals surface area contributed by atoms with Crippen LogP contribution in [0, 0.1) is 0 Å². The zero-order valence-electron chi connectivity index (χ0n) is 9.72. The lowest BCUT2D eigenvalue weighted by Gasteiger charge is -2.05. The van der Waals surface area contributed by atoms with E-state index in [9.17, 15) is 9.59 Å². The number of unbranched alkanes of at least 4 members (excludes halogenated alkanes) is 2. The van der Waals surface area contributed by atoms with Crippen LogP contribution >= 0.6 is 0 Å². The monoisotopic (exact) mass is 232 g/mol. The second-order valence-corrected chi connectivity index (χ2v) is 3.66. The molecule has 0 spiro atoms. The van der Waals surface area contributed by atoms with Crippen LogP contribution in [-0.4, -0.2) is 12.3 Å². The Morgan fingerprint density at radius 1 is 1.29 bits per heavy atom. The number of esters is 1. The van der Waals surface area contributed by atoms with Gasteiger partial charge in [0.05, 0.1) is 5.56 Å². The number of rotatable bonds is 7. The smallest absolute Gasteiger partial charge is 0.311 e. The van der Waals surface area contributed by atoms with Crippen molar-refractivity contribution in [1.82, 2.24) is 0 Å². The van der Waals surface area contributed by atoms with Gasteiger partial charge in [0.15, 0.2) is 6.29 Å². The van der Waals surface area contributed by atoms with Crippen LogP contribution in [0.5, 0.6) is 5.75 Å². The molecule has 0 atom stereocenters. The number of allylic oxidation sites excluding steroid dienone is 1. The van der Waals surface area contributed by atoms with Crippen LogP contribution < -0.4 is 4.74 Å². The van der Waals surface area contributed by atoms with Crippen molar-refractivity contribution in [2.75, 3.05) is 0 Å². The van der Waals surface area contributed by atoms with Gasteiger partial charge >= 0.3 is 5.97 Å². The van der Waals surface area contributed by atoms with Crippen molar-refractivity contribution in [2.45, 2.75) is 25.7 Å². The van der Waals surface area contributed by atoms with E-state index in [0.29, 0.717) is 24.0 Å². The first-order valence-corrected chi connectivity index (χ1v) is 5.63. The van der Waals surface area contributed by atoms with Crippen LogP contribution in [0.4, 0.5) is 0 Å². The standard InChI is InChI=1S/C14H16O3/c1-2-3-4-5-10-14(16)17-13-9-7-6-8-12(13)11-15/h2,6-9,11H,1,3-5,10H2. The fourth-order valence-electron chi connectivity index (χ4n) is 1.40. The number of hydrogen-bond acceptors (Lipinski definition) is 3. The largest absolute Gasteiger partial charge is 0.426 e. The van der Waals surface area contributed by atoms with Gasteiger partial charge in [-0.25, -0.2) is 0 Å². The van der Waals surface area contributed by atoms with E-state index in [1.807, 2.05) is 6.08 Å². The minimum atomic E-state index is -0.302. The molecule has 3 heteroatoms. The Bertz CT molecular complexity index is 396. The Morgan fingerprint density at radius 2 is 2.06 bits per heavy atom. The van der Waals surface area contributed by atoms with Gasteiger partial charge in [-0.1, -0.05) is 18.2 Å². The highest BCUT2D eigenvalue weighted by atomic mass is 16.5. The Balaban J connectivity index is 2.44. The molecule has 0 saturated heterocycles. The summed E-state index contributed by atoms with van der Waals surface area (Å²) in [6.07, 6.45) is 5.47. The molecule has 0 fully saturated rings. The summed E-state index contributed by atoms with van der Waals surface area (Å²) < 4.78 is 5.12. The molecule has 17 heavy (non-hydrogen) atoms. The predicted octanol–water partition coefficient (Wildman–Crippen LogP) is 3.15. The quantitative estimate of drug-likeness (QED) is 0.238. The van der Waals surface area contributed by atoms with Crippen molar-refractivity contribution < 1.29 is 14.3 Å². The van der Waals surface area contributed by atoms with Crippen molar-refractivity contribution in [1.29, 1.82) is 0 Å². The van der Waals surface area contributed by atoms with Crippen LogP contribution in [0.1, 0.15) is 36.0 Å². The van der Waals surface area contributed by atoms with Gasteiger partial charge in [0.1, 0.15) is 5.75 Å². The fraction of sp³-hybridized carbons (Fsp3) is 0.286. The maximum atomic E-state index is 11.5. The van der Waals surface area contributed by atoms with E-state index in [1.54, 1.807) is 24.3 Å². The number of para-hydroxylation sites is 1. The number of carbonyl (C=O) groups is 2. The van der Waals surface area contributed by atoms with Crippen molar-refractivity contribution in [3.05, 3.63) is 42.5 Å². The van der Waals surface area contributed by atoms with Crippen molar-refractivity contribution >= 4 is 12.3 Å². The molecular formula is C14H16O3. The SMILES string of the molecule is C=CCCCCC(=O)Oc1ccccc1C=O. The van der Waals surface area contributed by atoms with E-state index in [4.69, 9.17) is 4.74 Å². The molecule has 0 amide bonds. The highest BCUT2D eigenvalue weighted by Gasteiger charge is 2.07. The molecular weight excluding hydrogens is 216 g/mol. The summed E-state index contributed by atoms with van der Waals surface area (Å²) in [7, 11) is 0. The third-order valence-electron chi connectivity index (χ3n) is 2.31. The number of aldehydes is 1. The lowest BCUT2D eigenvalue weighted by molar-refractivity contribution is -0.134. The first-order chi connectivity index (χ1) is 8.27. The number of carbonyl (C=O) groups excluding carboxylic acids is 2. The summed E-state index contributed by atoms with van der Waals surface area (Å²) in [5, 5.41) is 0. The first-order valence-electron chi connectivity index (χ1n) is 5.63. The number of benzene rings is 1. The van der Waals surface area contributed by atoms with Gasteiger partial charge in [-0.2, -0.15) is 0 Å². The van der Waals surface area contributed by atoms with Crippen LogP contribution in [0.2, 0.25) is 0 Å². The molecule has 0 aliphatic heterocycles. The second kappa shape index (κ2) is 7.39. The zero-order valence-corrected chi connectivity index (χ0v) is 9.72. The molecule has 0 unspecified atom stereocenters. The minimum absolute atomic E-state index is 0.302. The molecule has 0 bridgehead atoms. The van der Waals surface area contributed by atoms with E-state index < -0.39 is 0 Å². The molecule has 0 radical (unpaired) electrons. The van der Waals surface area contributed by atoms with Crippen LogP contribution in [0.25, 0.3) is 0 Å². The van der Waals surface area contributed by atoms with Gasteiger partial charge in [0.2, 0.25) is 0 Å². The molecule has 0 N–H and O–H groups in total. The Labute approximate surface area is 101 Å². The van der Waals surface area contributed by atoms with Crippen LogP contribution in [0.15, 0.2) is 36.9 Å². The number of ether oxygens (including phenoxy) is 1. The minimum Gasteiger partial charge on any atom is -0.426 e. The molecule has 1 aromatic carbocycles. The average Bonchev–Trinajstić information content (AvgIpc) is 2.35. The highest BCUT2D eigenvalue weighted by Crippen LogP contribution is 2.16. The maximum absolute atomic E-state index is 11.5. The van der Waals surface area contributed by atoms with Crippen molar-refractivity contribution in [2.24, 2.45) is 0 Å². The molecule has 0 saturated carbocycles. The summed E-state index contributed by atoms with van der Waals surface area (Å²) in [5.41, 5.74) is 0.395. The molecule has 1 rings (SSSR count). The molecule has 0 aromatic heterocycles. The second-order valence-electron chi connectivity index (χ2n) is 3.66. The van der Waals surface area contributed by atoms with Crippen LogP contribution in [0.3, 0.4) is 0 Å². The van der Waals surface area contributed by atoms with Gasteiger partial charge in [0.25, 0.3) is 0 Å². The van der Waals surface area contributed by atoms with Crippen molar-refractivity contribution in [3.8, 4) is 5.75 Å². The third-order valence-corrected chi connectivity index (χ3v) is 2.31. The van der Waals surface area contributed by atoms with Gasteiger partial charge in [-0.05, 0) is 31.4 Å². The van der Waals surface area contributed by atoms with Gasteiger partial charge in [-0.3, -0.25) is 9.59 Å². The van der Waals surface area contributed by atoms with E-state index in [0.717, 1.165) is 19.3 Å². The predicted molar refractivity (Wildman–Crippen MR) is 66.1 cm³/mol. The third kappa shape index (κ3) is 4.64. The number of hydrogen-bond donors (Lipinski definition) is 0. The summed E-state index contributed by atoms with van der Waals surface area (Å²) in [5.74, 6) is 0.0274. The fourth-order valence-corrected chi connectivity index (χ4v) is 1.40. The Kier molecular flexibility index (Phi) is 5.72. The van der Waals surface area contributed by atoms with E-state index >= 15 is 0 Å². The molecule has 3 nitrogen and oxygen atoms in total. The summed E-state index contributed by atoms with van der Waals surface area (Å²) >= 11 is 0. The Hall–Kier alpha value is -1.90. The highest BCUT2D eigenvalue weighted by molar-refractivity contribution is 5.82. The average molecular weight is 232 g/mol. The zero-order chi connectivity index (χ0) is 12.5. The normalized spacial score (nSPS) is 9.65. The summed E-state index contributed by atoms with van der Waals surface area (Å²) in [4.78, 5) is 22.2. The van der Waals surface area contributed by atoms with E-state index in [1.165, 1.54) is 0 Å². The lowest BCUT2D eigenvalue weighted by atomic mass is 10.2. The summed E-state index contributed by atoms with van der Waals surface area (Å²) in [6, 6.07) is 6.69. The molecule has 0 aliphatic rings. The van der Waals surface area contributed by atoms with Crippen LogP contribution in [-0.2, 0) is 4.79 Å². The van der Waals surface area contributed by atoms with Crippen molar-refractivity contribution in [3.63, 3.8) is 0 Å². The Morgan fingerprint density at radius 3 is 2.76 bits per heavy atom. The van der Waals surface area contributed by atoms with E-state index in [2.05, 4.69) is 6.58 Å². The topological polar surface area (TPSA) is 43.4 Å². The molecule has 0 aliphatic carbocycles. The van der Waals surface area contributed by atoms with Gasteiger partial charge in [0, 0.05) is 6.42 Å². The molecule has 0 heterocycles. The molecule has 90 valence electrons. The maximum Gasteiger partial charge on any atom is 0.311 e. The summed E-state index contributed by atoms with van der Waals surface area (Å²) in [6.45, 7) is 3.61. The molecule has 1 aromatic rings. The van der Waals surface area contributed by atoms with Gasteiger partial charge < -0.3 is 4.74 Å². The lowest BCUT2D eigenvalue weighted by Crippen LogP contribution is -2.08.